The number of hydrogen-bond donors (Lipinski definition) is 1. The quantitative estimate of drug-likeness (QED) is 0.375. The number of aryl methyl sites for hydroxylation is 2. The van der Waals surface area contributed by atoms with Gasteiger partial charge in [0.05, 0.1) is 4.92 Å². The Morgan fingerprint density at radius 1 is 0.933 bits per heavy atom. The minimum Gasteiger partial charge on any atom is -0.322 e. The molecule has 12 heteroatoms. The summed E-state index contributed by atoms with van der Waals surface area (Å²) < 4.78 is 92.1. The molecule has 1 N–H and O–H groups in total. The molecular formula is C18H13F7N2O3. The first kappa shape index (κ1) is 23.1. The third kappa shape index (κ3) is 4.07. The van der Waals surface area contributed by atoms with Crippen LogP contribution in [0.1, 0.15) is 27.0 Å². The lowest BCUT2D eigenvalue weighted by atomic mass is 9.88. The molecule has 0 aliphatic carbocycles. The van der Waals surface area contributed by atoms with Gasteiger partial charge in [0.2, 0.25) is 0 Å². The topological polar surface area (TPSA) is 72.2 Å². The van der Waals surface area contributed by atoms with Crippen molar-refractivity contribution in [3.8, 4) is 0 Å². The van der Waals surface area contributed by atoms with Gasteiger partial charge in [-0.15, -0.1) is 0 Å². The summed E-state index contributed by atoms with van der Waals surface area (Å²) in [5.74, 6) is -0.944. The van der Waals surface area contributed by atoms with Gasteiger partial charge < -0.3 is 5.32 Å². The van der Waals surface area contributed by atoms with Gasteiger partial charge in [0.1, 0.15) is 0 Å². The van der Waals surface area contributed by atoms with E-state index < -0.39 is 34.4 Å². The molecule has 1 amide bonds. The predicted octanol–water partition coefficient (Wildman–Crippen LogP) is 5.75. The number of nitro groups is 1. The number of non-ortho nitro benzene ring substituents is 1. The molecule has 30 heavy (non-hydrogen) atoms. The van der Waals surface area contributed by atoms with Crippen molar-refractivity contribution >= 4 is 17.3 Å². The molecular weight excluding hydrogens is 425 g/mol. The zero-order valence-corrected chi connectivity index (χ0v) is 15.3. The molecule has 0 saturated carbocycles. The van der Waals surface area contributed by atoms with Crippen molar-refractivity contribution in [3.63, 3.8) is 0 Å². The van der Waals surface area contributed by atoms with Crippen molar-refractivity contribution < 1.29 is 40.5 Å². The van der Waals surface area contributed by atoms with E-state index >= 15 is 0 Å². The number of anilines is 1. The number of amides is 1. The van der Waals surface area contributed by atoms with Gasteiger partial charge in [0, 0.05) is 28.9 Å². The van der Waals surface area contributed by atoms with Crippen molar-refractivity contribution in [1.29, 1.82) is 0 Å². The standard InChI is InChI=1S/C18H13F7N2O3/c1-9-6-11(16(19,17(20,21)22)18(23,24)25)7-10(2)14(9)15(28)26-12-4-3-5-13(8-12)27(29)30/h3-8H,1-2H3,(H,26,28). The molecule has 0 atom stereocenters. The Morgan fingerprint density at radius 3 is 1.87 bits per heavy atom. The molecule has 0 radical (unpaired) electrons. The van der Waals surface area contributed by atoms with Crippen LogP contribution in [0.3, 0.4) is 0 Å². The second-order valence-corrected chi connectivity index (χ2v) is 6.40. The van der Waals surface area contributed by atoms with Crippen LogP contribution in [0.2, 0.25) is 0 Å². The van der Waals surface area contributed by atoms with Crippen molar-refractivity contribution in [2.24, 2.45) is 0 Å². The first-order chi connectivity index (χ1) is 13.6. The molecule has 0 heterocycles. The summed E-state index contributed by atoms with van der Waals surface area (Å²) in [6.45, 7) is 2.10. The fourth-order valence-corrected chi connectivity index (χ4v) is 2.90. The summed E-state index contributed by atoms with van der Waals surface area (Å²) in [5.41, 5.74) is -8.69. The van der Waals surface area contributed by atoms with Gasteiger partial charge in [-0.2, -0.15) is 26.3 Å². The van der Waals surface area contributed by atoms with E-state index in [1.165, 1.54) is 12.1 Å². The summed E-state index contributed by atoms with van der Waals surface area (Å²) in [7, 11) is 0. The van der Waals surface area contributed by atoms with Crippen LogP contribution in [0.4, 0.5) is 42.1 Å². The second kappa shape index (κ2) is 7.58. The van der Waals surface area contributed by atoms with Gasteiger partial charge in [-0.3, -0.25) is 14.9 Å². The molecule has 2 aromatic carbocycles. The fraction of sp³-hybridized carbons (Fsp3) is 0.278. The number of rotatable bonds is 4. The molecule has 0 aliphatic heterocycles. The number of nitrogens with zero attached hydrogens (tertiary/aromatic N) is 1. The van der Waals surface area contributed by atoms with E-state index in [1.807, 2.05) is 0 Å². The van der Waals surface area contributed by atoms with Gasteiger partial charge in [-0.25, -0.2) is 4.39 Å². The molecule has 0 bridgehead atoms. The van der Waals surface area contributed by atoms with Crippen LogP contribution in [0.5, 0.6) is 0 Å². The average Bonchev–Trinajstić information content (AvgIpc) is 2.58. The first-order valence-corrected chi connectivity index (χ1v) is 8.09. The summed E-state index contributed by atoms with van der Waals surface area (Å²) >= 11 is 0. The Morgan fingerprint density at radius 2 is 1.43 bits per heavy atom. The first-order valence-electron chi connectivity index (χ1n) is 8.09. The average molecular weight is 438 g/mol. The number of halogens is 7. The Bertz CT molecular complexity index is 963. The van der Waals surface area contributed by atoms with E-state index in [0.717, 1.165) is 26.0 Å². The van der Waals surface area contributed by atoms with Crippen LogP contribution in [-0.2, 0) is 5.67 Å². The highest BCUT2D eigenvalue weighted by Gasteiger charge is 2.73. The molecule has 5 nitrogen and oxygen atoms in total. The summed E-state index contributed by atoms with van der Waals surface area (Å²) in [5, 5.41) is 13.1. The minimum atomic E-state index is -6.28. The Balaban J connectivity index is 2.49. The lowest BCUT2D eigenvalue weighted by Crippen LogP contribution is -2.50. The Hall–Kier alpha value is -3.18. The van der Waals surface area contributed by atoms with Crippen molar-refractivity contribution in [2.75, 3.05) is 5.32 Å². The van der Waals surface area contributed by atoms with E-state index in [-0.39, 0.29) is 28.1 Å². The predicted molar refractivity (Wildman–Crippen MR) is 91.9 cm³/mol. The Kier molecular flexibility index (Phi) is 5.83. The lowest BCUT2D eigenvalue weighted by Gasteiger charge is -2.31. The van der Waals surface area contributed by atoms with E-state index in [0.29, 0.717) is 12.1 Å². The van der Waals surface area contributed by atoms with E-state index in [1.54, 1.807) is 0 Å². The van der Waals surface area contributed by atoms with Crippen LogP contribution in [0.25, 0.3) is 0 Å². The molecule has 2 rings (SSSR count). The molecule has 0 saturated heterocycles. The number of nitro benzene ring substituents is 1. The molecule has 0 aromatic heterocycles. The zero-order chi connectivity index (χ0) is 23.1. The van der Waals surface area contributed by atoms with Crippen LogP contribution in [-0.4, -0.2) is 23.2 Å². The number of hydrogen-bond acceptors (Lipinski definition) is 3. The second-order valence-electron chi connectivity index (χ2n) is 6.40. The van der Waals surface area contributed by atoms with Gasteiger partial charge in [0.25, 0.3) is 11.6 Å². The van der Waals surface area contributed by atoms with Gasteiger partial charge in [-0.05, 0) is 31.0 Å². The lowest BCUT2D eigenvalue weighted by molar-refractivity contribution is -0.384. The third-order valence-corrected chi connectivity index (χ3v) is 4.25. The Labute approximate surface area is 164 Å². The van der Waals surface area contributed by atoms with Gasteiger partial charge >= 0.3 is 18.0 Å². The summed E-state index contributed by atoms with van der Waals surface area (Å²) in [4.78, 5) is 22.5. The van der Waals surface area contributed by atoms with Crippen LogP contribution >= 0.6 is 0 Å². The molecule has 162 valence electrons. The molecule has 0 fully saturated rings. The smallest absolute Gasteiger partial charge is 0.322 e. The molecule has 0 spiro atoms. The number of nitrogens with one attached hydrogen (secondary N) is 1. The molecule has 0 aliphatic rings. The zero-order valence-electron chi connectivity index (χ0n) is 15.3. The van der Waals surface area contributed by atoms with Gasteiger partial charge in [0.15, 0.2) is 0 Å². The summed E-state index contributed by atoms with van der Waals surface area (Å²) in [6, 6.07) is 5.32. The molecule has 2 aromatic rings. The maximum absolute atomic E-state index is 14.3. The van der Waals surface area contributed by atoms with Crippen LogP contribution in [0.15, 0.2) is 36.4 Å². The van der Waals surface area contributed by atoms with Crippen molar-refractivity contribution in [2.45, 2.75) is 31.9 Å². The van der Waals surface area contributed by atoms with Crippen LogP contribution in [0, 0.1) is 24.0 Å². The van der Waals surface area contributed by atoms with Crippen molar-refractivity contribution in [1.82, 2.24) is 0 Å². The number of carbonyl (C=O) groups is 1. The largest absolute Gasteiger partial charge is 0.435 e. The summed E-state index contributed by atoms with van der Waals surface area (Å²) in [6.07, 6.45) is -12.6. The number of carbonyl (C=O) groups excluding carboxylic acids is 1. The molecule has 0 unspecified atom stereocenters. The van der Waals surface area contributed by atoms with Crippen molar-refractivity contribution in [3.05, 3.63) is 68.8 Å². The van der Waals surface area contributed by atoms with E-state index in [9.17, 15) is 45.6 Å². The van der Waals surface area contributed by atoms with Crippen LogP contribution < -0.4 is 5.32 Å². The van der Waals surface area contributed by atoms with E-state index in [2.05, 4.69) is 5.32 Å². The highest BCUT2D eigenvalue weighted by atomic mass is 19.4. The normalized spacial score (nSPS) is 12.6. The van der Waals surface area contributed by atoms with Gasteiger partial charge in [-0.1, -0.05) is 18.2 Å². The maximum Gasteiger partial charge on any atom is 0.435 e. The highest BCUT2D eigenvalue weighted by Crippen LogP contribution is 2.53. The monoisotopic (exact) mass is 438 g/mol. The minimum absolute atomic E-state index is 0.0255. The SMILES string of the molecule is Cc1cc(C(F)(C(F)(F)F)C(F)(F)F)cc(C)c1C(=O)Nc1cccc([N+](=O)[O-])c1. The number of alkyl halides is 7. The van der Waals surface area contributed by atoms with E-state index in [4.69, 9.17) is 0 Å². The highest BCUT2D eigenvalue weighted by molar-refractivity contribution is 6.06. The maximum atomic E-state index is 14.3. The third-order valence-electron chi connectivity index (χ3n) is 4.25. The number of benzene rings is 2. The fourth-order valence-electron chi connectivity index (χ4n) is 2.90.